The van der Waals surface area contributed by atoms with Crippen LogP contribution in [0.2, 0.25) is 0 Å². The van der Waals surface area contributed by atoms with E-state index in [9.17, 15) is 9.59 Å². The largest absolute Gasteiger partial charge is 0.464 e. The SMILES string of the molecule is Cc1cc(C2CC2)c(C=O)c2ccn(C(=O)O)c12. The Morgan fingerprint density at radius 3 is 2.78 bits per heavy atom. The van der Waals surface area contributed by atoms with E-state index in [-0.39, 0.29) is 0 Å². The molecular formula is C14H13NO3. The topological polar surface area (TPSA) is 59.3 Å². The van der Waals surface area contributed by atoms with E-state index in [0.29, 0.717) is 17.0 Å². The molecule has 1 aromatic heterocycles. The van der Waals surface area contributed by atoms with Gasteiger partial charge in [0.05, 0.1) is 5.52 Å². The highest BCUT2D eigenvalue weighted by atomic mass is 16.4. The molecule has 18 heavy (non-hydrogen) atoms. The molecule has 0 saturated heterocycles. The Bertz CT molecular complexity index is 665. The van der Waals surface area contributed by atoms with Crippen LogP contribution in [0.25, 0.3) is 10.9 Å². The zero-order valence-corrected chi connectivity index (χ0v) is 10.0. The maximum absolute atomic E-state index is 11.3. The van der Waals surface area contributed by atoms with Crippen molar-refractivity contribution in [2.24, 2.45) is 0 Å². The lowest BCUT2D eigenvalue weighted by Gasteiger charge is -2.09. The average Bonchev–Trinajstić information content (AvgIpc) is 3.07. The lowest BCUT2D eigenvalue weighted by Crippen LogP contribution is -2.07. The van der Waals surface area contributed by atoms with Gasteiger partial charge in [-0.25, -0.2) is 4.79 Å². The molecule has 1 N–H and O–H groups in total. The van der Waals surface area contributed by atoms with E-state index < -0.39 is 6.09 Å². The minimum atomic E-state index is -1.02. The highest BCUT2D eigenvalue weighted by Crippen LogP contribution is 2.43. The molecule has 4 nitrogen and oxygen atoms in total. The minimum Gasteiger partial charge on any atom is -0.464 e. The fourth-order valence-corrected chi connectivity index (χ4v) is 2.61. The number of rotatable bonds is 2. The zero-order valence-electron chi connectivity index (χ0n) is 10.0. The van der Waals surface area contributed by atoms with Gasteiger partial charge in [0, 0.05) is 17.1 Å². The second-order valence-corrected chi connectivity index (χ2v) is 4.82. The van der Waals surface area contributed by atoms with Gasteiger partial charge < -0.3 is 5.11 Å². The Kier molecular flexibility index (Phi) is 2.26. The van der Waals surface area contributed by atoms with Gasteiger partial charge in [-0.15, -0.1) is 0 Å². The maximum atomic E-state index is 11.3. The van der Waals surface area contributed by atoms with Gasteiger partial charge in [0.1, 0.15) is 0 Å². The van der Waals surface area contributed by atoms with Crippen LogP contribution < -0.4 is 0 Å². The van der Waals surface area contributed by atoms with E-state index in [1.54, 1.807) is 6.07 Å². The molecule has 1 aliphatic rings. The summed E-state index contributed by atoms with van der Waals surface area (Å²) in [6, 6.07) is 3.68. The third-order valence-corrected chi connectivity index (χ3v) is 3.57. The molecule has 0 aliphatic heterocycles. The van der Waals surface area contributed by atoms with E-state index in [0.717, 1.165) is 35.6 Å². The van der Waals surface area contributed by atoms with Gasteiger partial charge in [-0.1, -0.05) is 6.07 Å². The summed E-state index contributed by atoms with van der Waals surface area (Å²) in [5, 5.41) is 9.87. The highest BCUT2D eigenvalue weighted by molar-refractivity contribution is 6.02. The van der Waals surface area contributed by atoms with Crippen molar-refractivity contribution in [1.82, 2.24) is 4.57 Å². The molecule has 1 heterocycles. The van der Waals surface area contributed by atoms with Crippen molar-refractivity contribution in [3.8, 4) is 0 Å². The number of carbonyl (C=O) groups excluding carboxylic acids is 1. The predicted molar refractivity (Wildman–Crippen MR) is 67.5 cm³/mol. The van der Waals surface area contributed by atoms with E-state index in [2.05, 4.69) is 0 Å². The van der Waals surface area contributed by atoms with E-state index >= 15 is 0 Å². The number of benzene rings is 1. The van der Waals surface area contributed by atoms with Gasteiger partial charge in [-0.2, -0.15) is 0 Å². The van der Waals surface area contributed by atoms with Gasteiger partial charge in [-0.3, -0.25) is 9.36 Å². The molecule has 0 amide bonds. The van der Waals surface area contributed by atoms with Crippen LogP contribution in [0.4, 0.5) is 4.79 Å². The number of hydrogen-bond acceptors (Lipinski definition) is 2. The average molecular weight is 243 g/mol. The molecule has 1 aromatic carbocycles. The molecule has 0 unspecified atom stereocenters. The normalized spacial score (nSPS) is 14.9. The number of aldehydes is 1. The van der Waals surface area contributed by atoms with Crippen LogP contribution in [0.1, 0.15) is 40.2 Å². The summed E-state index contributed by atoms with van der Waals surface area (Å²) in [4.78, 5) is 22.4. The van der Waals surface area contributed by atoms with Gasteiger partial charge in [0.25, 0.3) is 0 Å². The Morgan fingerprint density at radius 2 is 2.22 bits per heavy atom. The fourth-order valence-electron chi connectivity index (χ4n) is 2.61. The number of nitrogens with zero attached hydrogens (tertiary/aromatic N) is 1. The zero-order chi connectivity index (χ0) is 12.9. The van der Waals surface area contributed by atoms with Gasteiger partial charge in [-0.05, 0) is 42.9 Å². The smallest absolute Gasteiger partial charge is 0.416 e. The first-order valence-corrected chi connectivity index (χ1v) is 5.96. The third-order valence-electron chi connectivity index (χ3n) is 3.57. The van der Waals surface area contributed by atoms with Crippen LogP contribution in [0.5, 0.6) is 0 Å². The van der Waals surface area contributed by atoms with Crippen LogP contribution in [0.3, 0.4) is 0 Å². The van der Waals surface area contributed by atoms with Gasteiger partial charge in [0.15, 0.2) is 6.29 Å². The summed E-state index contributed by atoms with van der Waals surface area (Å²) in [6.07, 6.45) is 3.56. The molecule has 0 atom stereocenters. The second-order valence-electron chi connectivity index (χ2n) is 4.82. The second kappa shape index (κ2) is 3.70. The Labute approximate surface area is 104 Å². The van der Waals surface area contributed by atoms with Crippen LogP contribution in [0, 0.1) is 6.92 Å². The summed E-state index contributed by atoms with van der Waals surface area (Å²) < 4.78 is 1.17. The van der Waals surface area contributed by atoms with Crippen molar-refractivity contribution in [2.45, 2.75) is 25.7 Å². The lowest BCUT2D eigenvalue weighted by atomic mass is 9.97. The quantitative estimate of drug-likeness (QED) is 0.824. The van der Waals surface area contributed by atoms with Crippen molar-refractivity contribution < 1.29 is 14.7 Å². The number of fused-ring (bicyclic) bond motifs is 1. The molecule has 92 valence electrons. The molecular weight excluding hydrogens is 230 g/mol. The van der Waals surface area contributed by atoms with E-state index in [4.69, 9.17) is 5.11 Å². The lowest BCUT2D eigenvalue weighted by molar-refractivity contribution is 0.112. The molecule has 3 rings (SSSR count). The van der Waals surface area contributed by atoms with Crippen LogP contribution in [-0.4, -0.2) is 22.1 Å². The minimum absolute atomic E-state index is 0.474. The molecule has 1 aliphatic carbocycles. The number of aromatic nitrogens is 1. The van der Waals surface area contributed by atoms with Crippen molar-refractivity contribution >= 4 is 23.3 Å². The summed E-state index contributed by atoms with van der Waals surface area (Å²) in [6.45, 7) is 1.89. The summed E-state index contributed by atoms with van der Waals surface area (Å²) in [5.74, 6) is 0.474. The highest BCUT2D eigenvalue weighted by Gasteiger charge is 2.28. The van der Waals surface area contributed by atoms with Crippen molar-refractivity contribution in [2.75, 3.05) is 0 Å². The third kappa shape index (κ3) is 1.45. The number of carboxylic acid groups (broad SMARTS) is 1. The molecule has 0 spiro atoms. The Morgan fingerprint density at radius 1 is 1.50 bits per heavy atom. The Hall–Kier alpha value is -2.10. The number of hydrogen-bond donors (Lipinski definition) is 1. The van der Waals surface area contributed by atoms with Gasteiger partial charge in [0.2, 0.25) is 0 Å². The van der Waals surface area contributed by atoms with Gasteiger partial charge >= 0.3 is 6.09 Å². The summed E-state index contributed by atoms with van der Waals surface area (Å²) in [5.41, 5.74) is 3.25. The first kappa shape index (κ1) is 11.0. The summed E-state index contributed by atoms with van der Waals surface area (Å²) in [7, 11) is 0. The number of aryl methyl sites for hydroxylation is 1. The first-order chi connectivity index (χ1) is 8.63. The van der Waals surface area contributed by atoms with Crippen molar-refractivity contribution in [3.05, 3.63) is 35.0 Å². The molecule has 0 radical (unpaired) electrons. The monoisotopic (exact) mass is 243 g/mol. The van der Waals surface area contributed by atoms with Crippen molar-refractivity contribution in [3.63, 3.8) is 0 Å². The molecule has 2 aromatic rings. The molecule has 1 fully saturated rings. The number of carbonyl (C=O) groups is 2. The van der Waals surface area contributed by atoms with Crippen LogP contribution in [-0.2, 0) is 0 Å². The Balaban J connectivity index is 2.37. The van der Waals surface area contributed by atoms with E-state index in [1.165, 1.54) is 10.8 Å². The van der Waals surface area contributed by atoms with Crippen LogP contribution >= 0.6 is 0 Å². The molecule has 0 bridgehead atoms. The fraction of sp³-hybridized carbons (Fsp3) is 0.286. The van der Waals surface area contributed by atoms with E-state index in [1.807, 2.05) is 13.0 Å². The van der Waals surface area contributed by atoms with Crippen LogP contribution in [0.15, 0.2) is 18.3 Å². The first-order valence-electron chi connectivity index (χ1n) is 5.96. The molecule has 1 saturated carbocycles. The predicted octanol–water partition coefficient (Wildman–Crippen LogP) is 3.17. The summed E-state index contributed by atoms with van der Waals surface area (Å²) >= 11 is 0. The maximum Gasteiger partial charge on any atom is 0.416 e. The van der Waals surface area contributed by atoms with Crippen molar-refractivity contribution in [1.29, 1.82) is 0 Å². The molecule has 4 heteroatoms. The standard InChI is InChI=1S/C14H13NO3/c1-8-6-11(9-2-3-9)12(7-16)10-4-5-15(13(8)10)14(17)18/h4-7,9H,2-3H2,1H3,(H,17,18).